The summed E-state index contributed by atoms with van der Waals surface area (Å²) in [5, 5.41) is 0.646. The summed E-state index contributed by atoms with van der Waals surface area (Å²) in [6, 6.07) is 1.49. The second-order valence-electron chi connectivity index (χ2n) is 3.37. The molecule has 3 nitrogen and oxygen atoms in total. The molecule has 0 atom stereocenters. The maximum absolute atomic E-state index is 11.9. The minimum Gasteiger partial charge on any atom is -0.490 e. The van der Waals surface area contributed by atoms with Crippen molar-refractivity contribution in [3.05, 3.63) is 39.8 Å². The van der Waals surface area contributed by atoms with Crippen LogP contribution in [0.15, 0.2) is 24.1 Å². The van der Waals surface area contributed by atoms with E-state index in [1.807, 2.05) is 0 Å². The van der Waals surface area contributed by atoms with E-state index < -0.39 is 0 Å². The molecule has 1 aromatic heterocycles. The molecule has 0 N–H and O–H groups in total. The van der Waals surface area contributed by atoms with Crippen LogP contribution >= 0.6 is 23.2 Å². The van der Waals surface area contributed by atoms with Crippen molar-refractivity contribution in [2.24, 2.45) is 0 Å². The van der Waals surface area contributed by atoms with Crippen LogP contribution in [0.2, 0.25) is 10.0 Å². The SMILES string of the molecule is O=C(C1=CCCCO1)c1ncc(Cl)cc1Cl. The topological polar surface area (TPSA) is 39.2 Å². The third-order valence-electron chi connectivity index (χ3n) is 2.18. The molecule has 2 rings (SSSR count). The van der Waals surface area contributed by atoms with Crippen molar-refractivity contribution < 1.29 is 9.53 Å². The van der Waals surface area contributed by atoms with Crippen molar-refractivity contribution in [3.8, 4) is 0 Å². The number of ketones is 1. The van der Waals surface area contributed by atoms with Gasteiger partial charge in [-0.25, -0.2) is 4.98 Å². The van der Waals surface area contributed by atoms with Gasteiger partial charge in [-0.05, 0) is 25.0 Å². The zero-order valence-electron chi connectivity index (χ0n) is 8.37. The van der Waals surface area contributed by atoms with E-state index in [2.05, 4.69) is 4.98 Å². The molecule has 2 heterocycles. The highest BCUT2D eigenvalue weighted by atomic mass is 35.5. The van der Waals surface area contributed by atoms with Crippen molar-refractivity contribution in [1.29, 1.82) is 0 Å². The lowest BCUT2D eigenvalue weighted by molar-refractivity contribution is 0.0894. The molecule has 0 unspecified atom stereocenters. The predicted molar refractivity (Wildman–Crippen MR) is 61.9 cm³/mol. The Kier molecular flexibility index (Phi) is 3.46. The van der Waals surface area contributed by atoms with Crippen LogP contribution in [0.25, 0.3) is 0 Å². The molecule has 84 valence electrons. The van der Waals surface area contributed by atoms with Crippen molar-refractivity contribution in [1.82, 2.24) is 4.98 Å². The molecule has 0 saturated heterocycles. The lowest BCUT2D eigenvalue weighted by Gasteiger charge is -2.13. The number of halogens is 2. The van der Waals surface area contributed by atoms with Gasteiger partial charge in [0.15, 0.2) is 5.76 Å². The van der Waals surface area contributed by atoms with Gasteiger partial charge in [0.05, 0.1) is 16.7 Å². The first-order chi connectivity index (χ1) is 7.68. The summed E-state index contributed by atoms with van der Waals surface area (Å²) in [5.74, 6) is 0.0318. The average Bonchev–Trinajstić information content (AvgIpc) is 2.29. The molecule has 0 saturated carbocycles. The number of carbonyl (C=O) groups excluding carboxylic acids is 1. The van der Waals surface area contributed by atoms with Crippen LogP contribution in [0.1, 0.15) is 23.3 Å². The van der Waals surface area contributed by atoms with Crippen molar-refractivity contribution in [3.63, 3.8) is 0 Å². The largest absolute Gasteiger partial charge is 0.490 e. The molecular weight excluding hydrogens is 249 g/mol. The lowest BCUT2D eigenvalue weighted by atomic mass is 10.1. The van der Waals surface area contributed by atoms with E-state index >= 15 is 0 Å². The van der Waals surface area contributed by atoms with Gasteiger partial charge in [0.2, 0.25) is 5.78 Å². The van der Waals surface area contributed by atoms with Crippen molar-refractivity contribution in [2.45, 2.75) is 12.8 Å². The third kappa shape index (κ3) is 2.36. The molecular formula is C11H9Cl2NO2. The Morgan fingerprint density at radius 2 is 2.25 bits per heavy atom. The average molecular weight is 258 g/mol. The van der Waals surface area contributed by atoms with E-state index in [0.29, 0.717) is 17.4 Å². The summed E-state index contributed by atoms with van der Waals surface area (Å²) in [6.45, 7) is 0.558. The van der Waals surface area contributed by atoms with Gasteiger partial charge in [0.1, 0.15) is 5.69 Å². The van der Waals surface area contributed by atoms with E-state index in [4.69, 9.17) is 27.9 Å². The number of hydrogen-bond acceptors (Lipinski definition) is 3. The second-order valence-corrected chi connectivity index (χ2v) is 4.22. The minimum atomic E-state index is -0.290. The van der Waals surface area contributed by atoms with E-state index in [9.17, 15) is 4.79 Å². The molecule has 1 aromatic rings. The molecule has 1 aliphatic rings. The van der Waals surface area contributed by atoms with Crippen LogP contribution in [0.3, 0.4) is 0 Å². The fraction of sp³-hybridized carbons (Fsp3) is 0.273. The van der Waals surface area contributed by atoms with Crippen molar-refractivity contribution >= 4 is 29.0 Å². The Morgan fingerprint density at radius 1 is 1.44 bits per heavy atom. The molecule has 0 amide bonds. The Hall–Kier alpha value is -1.06. The van der Waals surface area contributed by atoms with Gasteiger partial charge < -0.3 is 4.74 Å². The monoisotopic (exact) mass is 257 g/mol. The van der Waals surface area contributed by atoms with Crippen LogP contribution in [-0.4, -0.2) is 17.4 Å². The summed E-state index contributed by atoms with van der Waals surface area (Å²) in [7, 11) is 0. The molecule has 0 fully saturated rings. The zero-order chi connectivity index (χ0) is 11.5. The number of pyridine rings is 1. The van der Waals surface area contributed by atoms with Gasteiger partial charge >= 0.3 is 0 Å². The quantitative estimate of drug-likeness (QED) is 0.764. The number of Topliss-reactive ketones (excluding diaryl/α,β-unsaturated/α-hetero) is 1. The van der Waals surface area contributed by atoms with Gasteiger partial charge in [0.25, 0.3) is 0 Å². The zero-order valence-corrected chi connectivity index (χ0v) is 9.88. The van der Waals surface area contributed by atoms with Gasteiger partial charge in [-0.1, -0.05) is 23.2 Å². The molecule has 0 radical (unpaired) electrons. The third-order valence-corrected chi connectivity index (χ3v) is 2.68. The minimum absolute atomic E-state index is 0.180. The van der Waals surface area contributed by atoms with Crippen molar-refractivity contribution in [2.75, 3.05) is 6.61 Å². The Morgan fingerprint density at radius 3 is 2.88 bits per heavy atom. The number of aromatic nitrogens is 1. The number of rotatable bonds is 2. The summed E-state index contributed by atoms with van der Waals surface area (Å²) in [5.41, 5.74) is 0.180. The van der Waals surface area contributed by atoms with E-state index in [-0.39, 0.29) is 16.5 Å². The molecule has 0 aromatic carbocycles. The molecule has 0 spiro atoms. The van der Waals surface area contributed by atoms with Crippen LogP contribution in [0.4, 0.5) is 0 Å². The van der Waals surface area contributed by atoms with E-state index in [1.165, 1.54) is 12.3 Å². The maximum Gasteiger partial charge on any atom is 0.247 e. The van der Waals surface area contributed by atoms with Gasteiger partial charge in [-0.2, -0.15) is 0 Å². The summed E-state index contributed by atoms with van der Waals surface area (Å²) in [4.78, 5) is 15.9. The van der Waals surface area contributed by atoms with Gasteiger partial charge in [-0.3, -0.25) is 4.79 Å². The Balaban J connectivity index is 2.30. The summed E-state index contributed by atoms with van der Waals surface area (Å²) >= 11 is 11.6. The summed E-state index contributed by atoms with van der Waals surface area (Å²) in [6.07, 6.45) is 4.92. The van der Waals surface area contributed by atoms with E-state index in [0.717, 1.165) is 12.8 Å². The first-order valence-corrected chi connectivity index (χ1v) is 5.63. The van der Waals surface area contributed by atoms with Crippen LogP contribution in [-0.2, 0) is 4.74 Å². The smallest absolute Gasteiger partial charge is 0.247 e. The number of ether oxygens (including phenoxy) is 1. The number of nitrogens with zero attached hydrogens (tertiary/aromatic N) is 1. The van der Waals surface area contributed by atoms with Crippen LogP contribution < -0.4 is 0 Å². The molecule has 5 heteroatoms. The van der Waals surface area contributed by atoms with Gasteiger partial charge in [0, 0.05) is 6.20 Å². The maximum atomic E-state index is 11.9. The standard InChI is InChI=1S/C11H9Cl2NO2/c12-7-5-8(13)10(14-6-7)11(15)9-3-1-2-4-16-9/h3,5-6H,1-2,4H2. The second kappa shape index (κ2) is 4.85. The molecule has 0 aliphatic carbocycles. The molecule has 1 aliphatic heterocycles. The van der Waals surface area contributed by atoms with Crippen LogP contribution in [0, 0.1) is 0 Å². The predicted octanol–water partition coefficient (Wildman–Crippen LogP) is 3.27. The fourth-order valence-electron chi connectivity index (χ4n) is 1.41. The van der Waals surface area contributed by atoms with Gasteiger partial charge in [-0.15, -0.1) is 0 Å². The fourth-order valence-corrected chi connectivity index (χ4v) is 1.88. The highest BCUT2D eigenvalue weighted by molar-refractivity contribution is 6.36. The number of allylic oxidation sites excluding steroid dienone is 2. The Bertz CT molecular complexity index is 457. The highest BCUT2D eigenvalue weighted by Gasteiger charge is 2.20. The summed E-state index contributed by atoms with van der Waals surface area (Å²) < 4.78 is 5.26. The molecule has 16 heavy (non-hydrogen) atoms. The first kappa shape index (κ1) is 11.4. The Labute approximate surface area is 103 Å². The lowest BCUT2D eigenvalue weighted by Crippen LogP contribution is -2.13. The highest BCUT2D eigenvalue weighted by Crippen LogP contribution is 2.22. The first-order valence-electron chi connectivity index (χ1n) is 4.87. The molecule has 0 bridgehead atoms. The van der Waals surface area contributed by atoms with Crippen LogP contribution in [0.5, 0.6) is 0 Å². The van der Waals surface area contributed by atoms with E-state index in [1.54, 1.807) is 6.08 Å². The normalized spacial score (nSPS) is 15.2. The number of carbonyl (C=O) groups is 1. The number of hydrogen-bond donors (Lipinski definition) is 0.